The number of halogens is 4. The highest BCUT2D eigenvalue weighted by atomic mass is 19.4. The molecule has 2 N–H and O–H groups in total. The number of aromatic nitrogens is 1. The number of terminal acetylenes is 1. The van der Waals surface area contributed by atoms with E-state index in [9.17, 15) is 31.9 Å². The fourth-order valence-corrected chi connectivity index (χ4v) is 2.97. The lowest BCUT2D eigenvalue weighted by atomic mass is 10.0. The van der Waals surface area contributed by atoms with Crippen molar-refractivity contribution in [2.75, 3.05) is 11.9 Å². The zero-order chi connectivity index (χ0) is 22.8. The Bertz CT molecular complexity index is 1080. The molecule has 0 aliphatic rings. The lowest BCUT2D eigenvalue weighted by Gasteiger charge is -2.12. The maximum atomic E-state index is 13.4. The van der Waals surface area contributed by atoms with Gasteiger partial charge in [0.2, 0.25) is 0 Å². The average Bonchev–Trinajstić information content (AvgIpc) is 2.88. The van der Waals surface area contributed by atoms with Crippen molar-refractivity contribution in [1.82, 2.24) is 9.88 Å². The van der Waals surface area contributed by atoms with Crippen molar-refractivity contribution in [3.05, 3.63) is 52.1 Å². The lowest BCUT2D eigenvalue weighted by Crippen LogP contribution is -2.31. The van der Waals surface area contributed by atoms with Crippen molar-refractivity contribution in [3.8, 4) is 12.3 Å². The van der Waals surface area contributed by atoms with Crippen LogP contribution in [0, 0.1) is 32.0 Å². The van der Waals surface area contributed by atoms with Crippen LogP contribution in [0.1, 0.15) is 37.7 Å². The molecular formula is C20H17F4N3O3. The number of rotatable bonds is 5. The van der Waals surface area contributed by atoms with Crippen LogP contribution in [-0.2, 0) is 18.0 Å². The van der Waals surface area contributed by atoms with E-state index in [1.165, 1.54) is 25.5 Å². The molecule has 1 heterocycles. The minimum atomic E-state index is -4.94. The minimum Gasteiger partial charge on any atom is -0.343 e. The summed E-state index contributed by atoms with van der Waals surface area (Å²) < 4.78 is 53.4. The van der Waals surface area contributed by atoms with Gasteiger partial charge in [-0.1, -0.05) is 5.92 Å². The Morgan fingerprint density at radius 3 is 2.40 bits per heavy atom. The zero-order valence-electron chi connectivity index (χ0n) is 16.2. The molecule has 0 fully saturated rings. The van der Waals surface area contributed by atoms with Gasteiger partial charge in [0.05, 0.1) is 17.7 Å². The predicted molar refractivity (Wildman–Crippen MR) is 100 cm³/mol. The number of carbonyl (C=O) groups excluding carboxylic acids is 3. The van der Waals surface area contributed by atoms with Crippen molar-refractivity contribution in [2.24, 2.45) is 7.05 Å². The third-order valence-corrected chi connectivity index (χ3v) is 4.46. The number of hydrogen-bond donors (Lipinski definition) is 2. The van der Waals surface area contributed by atoms with Crippen LogP contribution in [0.5, 0.6) is 0 Å². The minimum absolute atomic E-state index is 0.0211. The molecule has 0 aliphatic heterocycles. The summed E-state index contributed by atoms with van der Waals surface area (Å²) in [7, 11) is 1.46. The Kier molecular flexibility index (Phi) is 6.35. The summed E-state index contributed by atoms with van der Waals surface area (Å²) in [5.41, 5.74) is -1.42. The summed E-state index contributed by atoms with van der Waals surface area (Å²) in [5, 5.41) is 4.49. The normalized spacial score (nSPS) is 11.0. The van der Waals surface area contributed by atoms with Gasteiger partial charge in [-0.3, -0.25) is 14.4 Å². The lowest BCUT2D eigenvalue weighted by molar-refractivity contribution is -0.139. The molecule has 1 aromatic carbocycles. The molecule has 0 atom stereocenters. The van der Waals surface area contributed by atoms with Gasteiger partial charge < -0.3 is 15.2 Å². The van der Waals surface area contributed by atoms with Gasteiger partial charge in [0.15, 0.2) is 0 Å². The van der Waals surface area contributed by atoms with Gasteiger partial charge >= 0.3 is 6.18 Å². The van der Waals surface area contributed by atoms with Crippen LogP contribution in [0.15, 0.2) is 18.2 Å². The fraction of sp³-hybridized carbons (Fsp3) is 0.250. The summed E-state index contributed by atoms with van der Waals surface area (Å²) in [6, 6.07) is 2.04. The number of nitrogens with zero attached hydrogens (tertiary/aromatic N) is 1. The van der Waals surface area contributed by atoms with Crippen LogP contribution in [-0.4, -0.2) is 28.7 Å². The summed E-state index contributed by atoms with van der Waals surface area (Å²) in [6.07, 6.45) is 0.0997. The molecule has 2 amide bonds. The Morgan fingerprint density at radius 2 is 1.83 bits per heavy atom. The number of carbonyl (C=O) groups is 3. The van der Waals surface area contributed by atoms with Crippen LogP contribution >= 0.6 is 0 Å². The zero-order valence-corrected chi connectivity index (χ0v) is 16.2. The molecule has 2 aromatic rings. The van der Waals surface area contributed by atoms with Crippen LogP contribution in [0.25, 0.3) is 0 Å². The van der Waals surface area contributed by atoms with E-state index in [0.717, 1.165) is 6.07 Å². The topological polar surface area (TPSA) is 80.2 Å². The van der Waals surface area contributed by atoms with Crippen LogP contribution in [0.3, 0.4) is 0 Å². The van der Waals surface area contributed by atoms with E-state index < -0.39 is 35.2 Å². The highest BCUT2D eigenvalue weighted by molar-refractivity contribution is 6.43. The van der Waals surface area contributed by atoms with Crippen molar-refractivity contribution in [3.63, 3.8) is 0 Å². The molecule has 0 unspecified atom stereocenters. The average molecular weight is 423 g/mol. The molecular weight excluding hydrogens is 406 g/mol. The number of hydrogen-bond acceptors (Lipinski definition) is 3. The summed E-state index contributed by atoms with van der Waals surface area (Å²) in [4.78, 5) is 37.1. The third kappa shape index (κ3) is 4.35. The maximum Gasteiger partial charge on any atom is 0.419 e. The molecule has 0 spiro atoms. The molecule has 158 valence electrons. The summed E-state index contributed by atoms with van der Waals surface area (Å²) >= 11 is 0. The first-order valence-electron chi connectivity index (χ1n) is 8.50. The van der Waals surface area contributed by atoms with Gasteiger partial charge in [0, 0.05) is 18.4 Å². The van der Waals surface area contributed by atoms with E-state index in [0.29, 0.717) is 17.8 Å². The van der Waals surface area contributed by atoms with E-state index in [1.807, 2.05) is 0 Å². The van der Waals surface area contributed by atoms with Crippen molar-refractivity contribution >= 4 is 23.3 Å². The van der Waals surface area contributed by atoms with E-state index in [2.05, 4.69) is 16.6 Å². The van der Waals surface area contributed by atoms with Gasteiger partial charge in [0.1, 0.15) is 11.5 Å². The van der Waals surface area contributed by atoms with E-state index in [4.69, 9.17) is 6.42 Å². The third-order valence-electron chi connectivity index (χ3n) is 4.46. The number of alkyl halides is 3. The molecule has 1 aromatic heterocycles. The second kappa shape index (κ2) is 8.41. The second-order valence-electron chi connectivity index (χ2n) is 6.36. The first-order valence-corrected chi connectivity index (χ1v) is 8.50. The number of amides is 2. The molecule has 30 heavy (non-hydrogen) atoms. The number of ketones is 1. The van der Waals surface area contributed by atoms with Gasteiger partial charge in [-0.05, 0) is 37.6 Å². The number of benzene rings is 1. The fourth-order valence-electron chi connectivity index (χ4n) is 2.97. The highest BCUT2D eigenvalue weighted by Crippen LogP contribution is 2.33. The summed E-state index contributed by atoms with van der Waals surface area (Å²) in [6.45, 7) is 2.77. The Hall–Kier alpha value is -3.61. The van der Waals surface area contributed by atoms with Crippen LogP contribution in [0.4, 0.5) is 23.2 Å². The maximum absolute atomic E-state index is 13.4. The Labute approximate surface area is 169 Å². The van der Waals surface area contributed by atoms with Gasteiger partial charge in [0.25, 0.3) is 17.6 Å². The predicted octanol–water partition coefficient (Wildman–Crippen LogP) is 2.98. The molecule has 0 bridgehead atoms. The molecule has 2 rings (SSSR count). The van der Waals surface area contributed by atoms with E-state index in [1.54, 1.807) is 0 Å². The van der Waals surface area contributed by atoms with Gasteiger partial charge in [-0.2, -0.15) is 13.2 Å². The largest absolute Gasteiger partial charge is 0.419 e. The number of Topliss-reactive ketones (excluding diaryl/α,β-unsaturated/α-hetero) is 1. The SMILES string of the molecule is C#CCNC(=O)C(=O)c1c(C)c(C(=O)Nc2ccc(F)c(C(F)(F)F)c2)n(C)c1C. The smallest absolute Gasteiger partial charge is 0.343 e. The quantitative estimate of drug-likeness (QED) is 0.336. The highest BCUT2D eigenvalue weighted by Gasteiger charge is 2.34. The van der Waals surface area contributed by atoms with Crippen molar-refractivity contribution in [1.29, 1.82) is 0 Å². The van der Waals surface area contributed by atoms with Crippen LogP contribution < -0.4 is 10.6 Å². The molecule has 0 aliphatic carbocycles. The van der Waals surface area contributed by atoms with Crippen molar-refractivity contribution in [2.45, 2.75) is 20.0 Å². The monoisotopic (exact) mass is 423 g/mol. The first-order chi connectivity index (χ1) is 13.9. The Balaban J connectivity index is 2.40. The number of nitrogens with one attached hydrogen (secondary N) is 2. The second-order valence-corrected chi connectivity index (χ2v) is 6.36. The number of anilines is 1. The van der Waals surface area contributed by atoms with E-state index >= 15 is 0 Å². The molecule has 0 radical (unpaired) electrons. The van der Waals surface area contributed by atoms with Crippen molar-refractivity contribution < 1.29 is 31.9 Å². The van der Waals surface area contributed by atoms with Gasteiger partial charge in [-0.25, -0.2) is 4.39 Å². The molecule has 0 saturated heterocycles. The molecule has 6 nitrogen and oxygen atoms in total. The first kappa shape index (κ1) is 22.7. The summed E-state index contributed by atoms with van der Waals surface area (Å²) in [5.74, 6) is -2.01. The van der Waals surface area contributed by atoms with Crippen LogP contribution in [0.2, 0.25) is 0 Å². The molecule has 10 heteroatoms. The molecule has 0 saturated carbocycles. The van der Waals surface area contributed by atoms with E-state index in [-0.39, 0.29) is 29.1 Å². The Morgan fingerprint density at radius 1 is 1.20 bits per heavy atom. The van der Waals surface area contributed by atoms with Gasteiger partial charge in [-0.15, -0.1) is 6.42 Å². The standard InChI is InChI=1S/C20H17F4N3O3/c1-5-8-25-19(30)17(28)15-10(2)16(27(4)11(15)3)18(29)26-12-6-7-14(21)13(9-12)20(22,23)24/h1,6-7,9H,8H2,2-4H3,(H,25,30)(H,26,29).